The van der Waals surface area contributed by atoms with Crippen molar-refractivity contribution < 1.29 is 4.79 Å². The fourth-order valence-electron chi connectivity index (χ4n) is 1.62. The van der Waals surface area contributed by atoms with Crippen LogP contribution in [0.5, 0.6) is 0 Å². The first-order valence-corrected chi connectivity index (χ1v) is 6.54. The van der Waals surface area contributed by atoms with Crippen LogP contribution in [0.2, 0.25) is 0 Å². The fraction of sp³-hybridized carbons (Fsp3) is 0.286. The number of carbonyl (C=O) groups is 1. The van der Waals surface area contributed by atoms with Gasteiger partial charge in [0, 0.05) is 24.5 Å². The number of nitrogens with one attached hydrogen (secondary N) is 2. The molecule has 0 spiro atoms. The molecule has 0 aromatic carbocycles. The van der Waals surface area contributed by atoms with Gasteiger partial charge in [0.25, 0.3) is 5.91 Å². The highest BCUT2D eigenvalue weighted by molar-refractivity contribution is 5.94. The molecular weight excluding hydrogens is 254 g/mol. The number of nitrogens with zero attached hydrogens (tertiary/aromatic N) is 3. The number of hydrogen-bond donors (Lipinski definition) is 2. The summed E-state index contributed by atoms with van der Waals surface area (Å²) in [6.45, 7) is 3.26. The highest BCUT2D eigenvalue weighted by Crippen LogP contribution is 2.07. The first-order chi connectivity index (χ1) is 9.79. The van der Waals surface area contributed by atoms with E-state index in [9.17, 15) is 4.79 Å². The molecule has 2 N–H and O–H groups in total. The molecule has 1 amide bonds. The molecule has 6 nitrogen and oxygen atoms in total. The van der Waals surface area contributed by atoms with Crippen molar-refractivity contribution in [2.24, 2.45) is 0 Å². The minimum Gasteiger partial charge on any atom is -0.370 e. The van der Waals surface area contributed by atoms with Gasteiger partial charge in [0.1, 0.15) is 5.82 Å². The zero-order chi connectivity index (χ0) is 14.2. The molecule has 6 heteroatoms. The summed E-state index contributed by atoms with van der Waals surface area (Å²) in [4.78, 5) is 16.2. The molecule has 2 heterocycles. The molecule has 20 heavy (non-hydrogen) atoms. The quantitative estimate of drug-likeness (QED) is 0.834. The minimum atomic E-state index is -0.155. The molecule has 2 aromatic rings. The van der Waals surface area contributed by atoms with E-state index in [0.29, 0.717) is 17.9 Å². The maximum Gasteiger partial charge on any atom is 0.251 e. The predicted molar refractivity (Wildman–Crippen MR) is 76.2 cm³/mol. The topological polar surface area (TPSA) is 79.8 Å². The van der Waals surface area contributed by atoms with Crippen LogP contribution >= 0.6 is 0 Å². The molecule has 2 aromatic heterocycles. The van der Waals surface area contributed by atoms with Crippen LogP contribution in [0.3, 0.4) is 0 Å². The molecule has 0 aliphatic carbocycles. The van der Waals surface area contributed by atoms with E-state index < -0.39 is 0 Å². The molecule has 0 radical (unpaired) electrons. The molecule has 0 bridgehead atoms. The van der Waals surface area contributed by atoms with E-state index in [-0.39, 0.29) is 5.91 Å². The average Bonchev–Trinajstić information content (AvgIpc) is 2.52. The second-order valence-corrected chi connectivity index (χ2v) is 4.25. The Bertz CT molecular complexity index is 559. The Hall–Kier alpha value is -2.50. The zero-order valence-electron chi connectivity index (χ0n) is 11.3. The number of amides is 1. The predicted octanol–water partition coefficient (Wildman–Crippen LogP) is 1.62. The summed E-state index contributed by atoms with van der Waals surface area (Å²) >= 11 is 0. The second-order valence-electron chi connectivity index (χ2n) is 4.25. The molecule has 0 saturated heterocycles. The highest BCUT2D eigenvalue weighted by Gasteiger charge is 2.07. The molecule has 0 aliphatic heterocycles. The van der Waals surface area contributed by atoms with Gasteiger partial charge in [0.2, 0.25) is 0 Å². The summed E-state index contributed by atoms with van der Waals surface area (Å²) in [6.07, 6.45) is 4.22. The van der Waals surface area contributed by atoms with Gasteiger partial charge < -0.3 is 10.6 Å². The van der Waals surface area contributed by atoms with Gasteiger partial charge in [-0.15, -0.1) is 0 Å². The molecule has 0 atom stereocenters. The molecule has 104 valence electrons. The van der Waals surface area contributed by atoms with Crippen molar-refractivity contribution in [3.63, 3.8) is 0 Å². The molecule has 0 unspecified atom stereocenters. The lowest BCUT2D eigenvalue weighted by molar-refractivity contribution is 0.0950. The first-order valence-electron chi connectivity index (χ1n) is 6.54. The minimum absolute atomic E-state index is 0.155. The van der Waals surface area contributed by atoms with E-state index in [1.807, 2.05) is 6.07 Å². The van der Waals surface area contributed by atoms with Gasteiger partial charge in [-0.25, -0.2) is 4.98 Å². The highest BCUT2D eigenvalue weighted by atomic mass is 16.1. The van der Waals surface area contributed by atoms with Crippen LogP contribution in [-0.2, 0) is 6.54 Å². The maximum atomic E-state index is 12.0. The van der Waals surface area contributed by atoms with Gasteiger partial charge in [-0.05, 0) is 30.7 Å². The molecule has 0 aliphatic rings. The summed E-state index contributed by atoms with van der Waals surface area (Å²) < 4.78 is 0. The lowest BCUT2D eigenvalue weighted by Crippen LogP contribution is -2.23. The summed E-state index contributed by atoms with van der Waals surface area (Å²) in [5.41, 5.74) is 1.29. The van der Waals surface area contributed by atoms with Crippen molar-refractivity contribution in [2.45, 2.75) is 19.9 Å². The van der Waals surface area contributed by atoms with Crippen molar-refractivity contribution in [1.82, 2.24) is 20.5 Å². The number of rotatable bonds is 6. The van der Waals surface area contributed by atoms with Gasteiger partial charge in [-0.2, -0.15) is 10.2 Å². The Morgan fingerprint density at radius 3 is 2.95 bits per heavy atom. The normalized spacial score (nSPS) is 10.1. The van der Waals surface area contributed by atoms with Crippen LogP contribution in [0.15, 0.2) is 36.7 Å². The SMILES string of the molecule is CCCNc1cc(C(=O)NCc2cccnn2)ccn1. The Kier molecular flexibility index (Phi) is 5.00. The van der Waals surface area contributed by atoms with Gasteiger partial charge >= 0.3 is 0 Å². The number of hydrogen-bond acceptors (Lipinski definition) is 5. The molecule has 0 saturated carbocycles. The average molecular weight is 271 g/mol. The van der Waals surface area contributed by atoms with Crippen molar-refractivity contribution in [3.05, 3.63) is 47.9 Å². The molecular formula is C14H17N5O. The monoisotopic (exact) mass is 271 g/mol. The van der Waals surface area contributed by atoms with Crippen LogP contribution in [0.1, 0.15) is 29.4 Å². The van der Waals surface area contributed by atoms with E-state index in [4.69, 9.17) is 0 Å². The van der Waals surface area contributed by atoms with Crippen LogP contribution in [0.4, 0.5) is 5.82 Å². The largest absolute Gasteiger partial charge is 0.370 e. The third-order valence-electron chi connectivity index (χ3n) is 2.64. The van der Waals surface area contributed by atoms with E-state index in [0.717, 1.165) is 18.7 Å². The number of aromatic nitrogens is 3. The van der Waals surface area contributed by atoms with Gasteiger partial charge in [0.05, 0.1) is 12.2 Å². The summed E-state index contributed by atoms with van der Waals surface area (Å²) in [6, 6.07) is 7.02. The third kappa shape index (κ3) is 4.01. The zero-order valence-corrected chi connectivity index (χ0v) is 11.3. The lowest BCUT2D eigenvalue weighted by Gasteiger charge is -2.07. The number of carbonyl (C=O) groups excluding carboxylic acids is 1. The van der Waals surface area contributed by atoms with E-state index in [1.54, 1.807) is 30.6 Å². The van der Waals surface area contributed by atoms with Crippen LogP contribution in [0.25, 0.3) is 0 Å². The van der Waals surface area contributed by atoms with Crippen LogP contribution < -0.4 is 10.6 Å². The Balaban J connectivity index is 1.95. The van der Waals surface area contributed by atoms with Crippen molar-refractivity contribution >= 4 is 11.7 Å². The second kappa shape index (κ2) is 7.18. The Morgan fingerprint density at radius 1 is 1.30 bits per heavy atom. The van der Waals surface area contributed by atoms with E-state index in [1.165, 1.54) is 0 Å². The lowest BCUT2D eigenvalue weighted by atomic mass is 10.2. The van der Waals surface area contributed by atoms with Crippen LogP contribution in [-0.4, -0.2) is 27.6 Å². The number of pyridine rings is 1. The van der Waals surface area contributed by atoms with E-state index >= 15 is 0 Å². The van der Waals surface area contributed by atoms with Crippen LogP contribution in [0, 0.1) is 0 Å². The number of anilines is 1. The van der Waals surface area contributed by atoms with Crippen molar-refractivity contribution in [3.8, 4) is 0 Å². The first kappa shape index (κ1) is 13.9. The van der Waals surface area contributed by atoms with E-state index in [2.05, 4.69) is 32.7 Å². The molecule has 0 fully saturated rings. The van der Waals surface area contributed by atoms with Gasteiger partial charge in [-0.3, -0.25) is 4.79 Å². The van der Waals surface area contributed by atoms with Gasteiger partial charge in [0.15, 0.2) is 0 Å². The fourth-order valence-corrected chi connectivity index (χ4v) is 1.62. The molecule has 2 rings (SSSR count). The van der Waals surface area contributed by atoms with Crippen molar-refractivity contribution in [2.75, 3.05) is 11.9 Å². The standard InChI is InChI=1S/C14H17N5O/c1-2-6-15-13-9-11(5-8-16-13)14(20)17-10-12-4-3-7-18-19-12/h3-5,7-9H,2,6,10H2,1H3,(H,15,16)(H,17,20). The maximum absolute atomic E-state index is 12.0. The Labute approximate surface area is 117 Å². The third-order valence-corrected chi connectivity index (χ3v) is 2.64. The van der Waals surface area contributed by atoms with Crippen molar-refractivity contribution in [1.29, 1.82) is 0 Å². The van der Waals surface area contributed by atoms with Gasteiger partial charge in [-0.1, -0.05) is 6.92 Å². The summed E-state index contributed by atoms with van der Waals surface area (Å²) in [7, 11) is 0. The Morgan fingerprint density at radius 2 is 2.20 bits per heavy atom. The summed E-state index contributed by atoms with van der Waals surface area (Å²) in [5.74, 6) is 0.552. The smallest absolute Gasteiger partial charge is 0.251 e. The summed E-state index contributed by atoms with van der Waals surface area (Å²) in [5, 5.41) is 13.6.